The molecule has 0 spiro atoms. The van der Waals surface area contributed by atoms with Crippen molar-refractivity contribution in [1.29, 1.82) is 0 Å². The molecule has 6 heteroatoms. The lowest BCUT2D eigenvalue weighted by atomic mass is 9.96. The molecule has 1 amide bonds. The van der Waals surface area contributed by atoms with Crippen LogP contribution in [0.4, 0.5) is 15.8 Å². The second-order valence-corrected chi connectivity index (χ2v) is 7.90. The van der Waals surface area contributed by atoms with E-state index in [0.29, 0.717) is 22.5 Å². The molecule has 0 aliphatic carbocycles. The minimum atomic E-state index is -1.30. The summed E-state index contributed by atoms with van der Waals surface area (Å²) in [7, 11) is 0. The summed E-state index contributed by atoms with van der Waals surface area (Å²) < 4.78 is 13.6. The molecule has 0 bridgehead atoms. The van der Waals surface area contributed by atoms with E-state index in [1.54, 1.807) is 17.0 Å². The Bertz CT molecular complexity index is 1180. The zero-order chi connectivity index (χ0) is 22.8. The van der Waals surface area contributed by atoms with Crippen LogP contribution in [0.25, 0.3) is 0 Å². The van der Waals surface area contributed by atoms with Crippen LogP contribution < -0.4 is 15.3 Å². The molecule has 1 aliphatic rings. The Labute approximate surface area is 185 Å². The lowest BCUT2D eigenvalue weighted by molar-refractivity contribution is -0.304. The predicted molar refractivity (Wildman–Crippen MR) is 119 cm³/mol. The first-order valence-electron chi connectivity index (χ1n) is 10.3. The summed E-state index contributed by atoms with van der Waals surface area (Å²) in [6, 6.07) is 19.9. The van der Waals surface area contributed by atoms with Crippen LogP contribution in [-0.2, 0) is 9.59 Å². The maximum atomic E-state index is 13.6. The number of rotatable bonds is 6. The number of carbonyl (C=O) groups is 2. The fourth-order valence-electron chi connectivity index (χ4n) is 3.89. The van der Waals surface area contributed by atoms with Gasteiger partial charge in [-0.3, -0.25) is 9.69 Å². The van der Waals surface area contributed by atoms with E-state index in [1.807, 2.05) is 62.4 Å². The Hall–Kier alpha value is -3.93. The van der Waals surface area contributed by atoms with Crippen LogP contribution in [0.2, 0.25) is 0 Å². The average Bonchev–Trinajstić information content (AvgIpc) is 3.02. The van der Waals surface area contributed by atoms with E-state index in [0.717, 1.165) is 11.1 Å². The fourth-order valence-corrected chi connectivity index (χ4v) is 3.89. The first-order chi connectivity index (χ1) is 15.3. The number of nitrogens with zero attached hydrogens (tertiary/aromatic N) is 1. The highest BCUT2D eigenvalue weighted by Crippen LogP contribution is 2.42. The molecular formula is C26H22FN2O3-. The molecule has 3 aromatic rings. The van der Waals surface area contributed by atoms with Gasteiger partial charge in [-0.05, 0) is 61.4 Å². The van der Waals surface area contributed by atoms with Crippen LogP contribution in [0.1, 0.15) is 29.2 Å². The fraction of sp³-hybridized carbons (Fsp3) is 0.154. The van der Waals surface area contributed by atoms with Crippen LogP contribution >= 0.6 is 0 Å². The molecule has 0 fully saturated rings. The minimum Gasteiger partial charge on any atom is -0.550 e. The van der Waals surface area contributed by atoms with E-state index in [-0.39, 0.29) is 11.6 Å². The topological polar surface area (TPSA) is 72.5 Å². The number of carboxylic acids is 1. The monoisotopic (exact) mass is 429 g/mol. The first kappa shape index (κ1) is 21.3. The van der Waals surface area contributed by atoms with Gasteiger partial charge in [-0.15, -0.1) is 0 Å². The third-order valence-corrected chi connectivity index (χ3v) is 5.50. The summed E-state index contributed by atoms with van der Waals surface area (Å²) in [4.78, 5) is 26.8. The predicted octanol–water partition coefficient (Wildman–Crippen LogP) is 4.04. The van der Waals surface area contributed by atoms with E-state index >= 15 is 0 Å². The van der Waals surface area contributed by atoms with Crippen LogP contribution in [-0.4, -0.2) is 11.9 Å². The molecule has 1 atom stereocenters. The van der Waals surface area contributed by atoms with Gasteiger partial charge in [0.15, 0.2) is 0 Å². The molecule has 0 saturated heterocycles. The number of aryl methyl sites for hydroxylation is 2. The van der Waals surface area contributed by atoms with Crippen LogP contribution in [0, 0.1) is 19.7 Å². The second-order valence-electron chi connectivity index (χ2n) is 7.90. The molecule has 0 saturated carbocycles. The van der Waals surface area contributed by atoms with Crippen molar-refractivity contribution in [3.05, 3.63) is 107 Å². The number of anilines is 2. The molecule has 162 valence electrons. The number of hydrogen-bond donors (Lipinski definition) is 1. The number of halogens is 1. The van der Waals surface area contributed by atoms with Gasteiger partial charge in [0.05, 0.1) is 6.04 Å². The van der Waals surface area contributed by atoms with Crippen molar-refractivity contribution < 1.29 is 19.1 Å². The third-order valence-electron chi connectivity index (χ3n) is 5.50. The zero-order valence-corrected chi connectivity index (χ0v) is 17.8. The van der Waals surface area contributed by atoms with Crippen LogP contribution in [0.15, 0.2) is 84.1 Å². The quantitative estimate of drug-likeness (QED) is 0.642. The van der Waals surface area contributed by atoms with Gasteiger partial charge in [-0.25, -0.2) is 4.39 Å². The van der Waals surface area contributed by atoms with Gasteiger partial charge in [-0.1, -0.05) is 47.5 Å². The van der Waals surface area contributed by atoms with Gasteiger partial charge in [0.1, 0.15) is 11.5 Å². The minimum absolute atomic E-state index is 0.188. The van der Waals surface area contributed by atoms with E-state index in [2.05, 4.69) is 5.32 Å². The number of amides is 1. The molecule has 1 N–H and O–H groups in total. The van der Waals surface area contributed by atoms with Crippen molar-refractivity contribution in [3.8, 4) is 0 Å². The number of carboxylic acid groups (broad SMARTS) is 1. The first-order valence-corrected chi connectivity index (χ1v) is 10.3. The van der Waals surface area contributed by atoms with Gasteiger partial charge in [0.25, 0.3) is 5.91 Å². The number of nitrogens with one attached hydrogen (secondary N) is 1. The number of carbonyl (C=O) groups excluding carboxylic acids is 2. The SMILES string of the molecule is Cc1ccc(NC2=C(CC(=O)[O-])[C@@H](c3ccc(F)cc3)N(c3ccc(C)cc3)C2=O)cc1. The van der Waals surface area contributed by atoms with Gasteiger partial charge in [-0.2, -0.15) is 0 Å². The van der Waals surface area contributed by atoms with Gasteiger partial charge < -0.3 is 15.2 Å². The van der Waals surface area contributed by atoms with E-state index < -0.39 is 24.2 Å². The normalized spacial score (nSPS) is 15.9. The molecule has 32 heavy (non-hydrogen) atoms. The summed E-state index contributed by atoms with van der Waals surface area (Å²) in [5, 5.41) is 14.8. The molecule has 5 nitrogen and oxygen atoms in total. The summed E-state index contributed by atoms with van der Waals surface area (Å²) in [5.41, 5.74) is 4.53. The molecule has 3 aromatic carbocycles. The average molecular weight is 429 g/mol. The molecule has 1 heterocycles. The number of aliphatic carboxylic acids is 1. The summed E-state index contributed by atoms with van der Waals surface area (Å²) >= 11 is 0. The number of hydrogen-bond acceptors (Lipinski definition) is 4. The highest BCUT2D eigenvalue weighted by Gasteiger charge is 2.41. The van der Waals surface area contributed by atoms with E-state index in [1.165, 1.54) is 12.1 Å². The van der Waals surface area contributed by atoms with Gasteiger partial charge in [0, 0.05) is 23.8 Å². The third kappa shape index (κ3) is 4.25. The zero-order valence-electron chi connectivity index (χ0n) is 17.8. The van der Waals surface area contributed by atoms with Gasteiger partial charge >= 0.3 is 0 Å². The summed E-state index contributed by atoms with van der Waals surface area (Å²) in [6.45, 7) is 3.90. The Morgan fingerprint density at radius 3 is 2.06 bits per heavy atom. The lowest BCUT2D eigenvalue weighted by Gasteiger charge is -2.28. The molecule has 0 radical (unpaired) electrons. The largest absolute Gasteiger partial charge is 0.550 e. The lowest BCUT2D eigenvalue weighted by Crippen LogP contribution is -2.31. The number of benzene rings is 3. The second kappa shape index (κ2) is 8.67. The molecule has 0 unspecified atom stereocenters. The molecule has 1 aliphatic heterocycles. The Morgan fingerprint density at radius 1 is 0.938 bits per heavy atom. The Morgan fingerprint density at radius 2 is 1.50 bits per heavy atom. The molecule has 4 rings (SSSR count). The standard InChI is InChI=1S/C26H23FN2O3/c1-16-3-11-20(12-4-16)28-24-22(15-23(30)31)25(18-7-9-19(27)10-8-18)29(26(24)32)21-13-5-17(2)6-14-21/h3-14,25,28H,15H2,1-2H3,(H,30,31)/p-1/t25-/m1/s1. The van der Waals surface area contributed by atoms with Crippen LogP contribution in [0.3, 0.4) is 0 Å². The van der Waals surface area contributed by atoms with E-state index in [9.17, 15) is 19.1 Å². The maximum absolute atomic E-state index is 13.6. The van der Waals surface area contributed by atoms with Crippen molar-refractivity contribution in [2.45, 2.75) is 26.3 Å². The van der Waals surface area contributed by atoms with Gasteiger partial charge in [0.2, 0.25) is 0 Å². The maximum Gasteiger partial charge on any atom is 0.275 e. The highest BCUT2D eigenvalue weighted by atomic mass is 19.1. The smallest absolute Gasteiger partial charge is 0.275 e. The van der Waals surface area contributed by atoms with Crippen LogP contribution in [0.5, 0.6) is 0 Å². The molecular weight excluding hydrogens is 407 g/mol. The highest BCUT2D eigenvalue weighted by molar-refractivity contribution is 6.12. The van der Waals surface area contributed by atoms with E-state index in [4.69, 9.17) is 0 Å². The van der Waals surface area contributed by atoms with Crippen molar-refractivity contribution in [3.63, 3.8) is 0 Å². The van der Waals surface area contributed by atoms with Crippen molar-refractivity contribution >= 4 is 23.3 Å². The summed E-state index contributed by atoms with van der Waals surface area (Å²) in [5.74, 6) is -2.07. The molecule has 0 aromatic heterocycles. The Balaban J connectivity index is 1.86. The van der Waals surface area contributed by atoms with Crippen molar-refractivity contribution in [1.82, 2.24) is 0 Å². The van der Waals surface area contributed by atoms with Crippen molar-refractivity contribution in [2.75, 3.05) is 10.2 Å². The summed E-state index contributed by atoms with van der Waals surface area (Å²) in [6.07, 6.45) is -0.440. The Kier molecular flexibility index (Phi) is 5.77. The van der Waals surface area contributed by atoms with Crippen molar-refractivity contribution in [2.24, 2.45) is 0 Å².